The number of hydrogen-bond acceptors (Lipinski definition) is 2. The lowest BCUT2D eigenvalue weighted by molar-refractivity contribution is 0.0997. The van der Waals surface area contributed by atoms with Crippen molar-refractivity contribution in [2.45, 2.75) is 0 Å². The predicted octanol–water partition coefficient (Wildman–Crippen LogP) is 5.59. The molecular weight excluding hydrogens is 370 g/mol. The largest absolute Gasteiger partial charge is 0.309 e. The van der Waals surface area contributed by atoms with E-state index in [-0.39, 0.29) is 5.91 Å². The van der Waals surface area contributed by atoms with Gasteiger partial charge in [-0.2, -0.15) is 0 Å². The van der Waals surface area contributed by atoms with Crippen molar-refractivity contribution in [3.05, 3.63) is 62.9 Å². The Labute approximate surface area is 140 Å². The summed E-state index contributed by atoms with van der Waals surface area (Å²) in [6.07, 6.45) is 0. The molecular formula is C16H11BrClNOS. The van der Waals surface area contributed by atoms with E-state index >= 15 is 0 Å². The fraction of sp³-hybridized carbons (Fsp3) is 0.0625. The smallest absolute Gasteiger partial charge is 0.268 e. The van der Waals surface area contributed by atoms with Gasteiger partial charge in [-0.25, -0.2) is 0 Å². The highest BCUT2D eigenvalue weighted by molar-refractivity contribution is 9.10. The Balaban J connectivity index is 1.97. The first-order chi connectivity index (χ1) is 10.1. The first-order valence-electron chi connectivity index (χ1n) is 6.28. The van der Waals surface area contributed by atoms with Crippen LogP contribution >= 0.6 is 38.9 Å². The Morgan fingerprint density at radius 3 is 2.67 bits per heavy atom. The van der Waals surface area contributed by atoms with Gasteiger partial charge in [-0.05, 0) is 35.7 Å². The van der Waals surface area contributed by atoms with Crippen LogP contribution in [0.2, 0.25) is 5.02 Å². The van der Waals surface area contributed by atoms with Crippen molar-refractivity contribution in [2.24, 2.45) is 0 Å². The number of nitrogens with zero attached hydrogens (tertiary/aromatic N) is 1. The van der Waals surface area contributed by atoms with Gasteiger partial charge in [0.2, 0.25) is 0 Å². The average Bonchev–Trinajstić information content (AvgIpc) is 2.89. The fourth-order valence-corrected chi connectivity index (χ4v) is 3.95. The van der Waals surface area contributed by atoms with E-state index in [0.717, 1.165) is 14.6 Å². The van der Waals surface area contributed by atoms with Crippen LogP contribution in [-0.4, -0.2) is 13.0 Å². The molecule has 21 heavy (non-hydrogen) atoms. The number of carbonyl (C=O) groups is 1. The molecule has 0 radical (unpaired) electrons. The molecule has 1 heterocycles. The first-order valence-corrected chi connectivity index (χ1v) is 8.26. The standard InChI is InChI=1S/C16H11BrClNOS/c1-19(13-7-6-11(17)9-12(13)18)16(20)15-8-10-4-2-3-5-14(10)21-15/h2-9H,1H3. The monoisotopic (exact) mass is 379 g/mol. The Morgan fingerprint density at radius 1 is 1.19 bits per heavy atom. The molecule has 0 aliphatic heterocycles. The van der Waals surface area contributed by atoms with Crippen molar-refractivity contribution >= 4 is 60.5 Å². The number of rotatable bonds is 2. The lowest BCUT2D eigenvalue weighted by Gasteiger charge is -2.18. The van der Waals surface area contributed by atoms with E-state index in [1.807, 2.05) is 42.5 Å². The zero-order valence-corrected chi connectivity index (χ0v) is 14.3. The van der Waals surface area contributed by atoms with Crippen LogP contribution in [0.1, 0.15) is 9.67 Å². The maximum absolute atomic E-state index is 12.6. The molecule has 0 aliphatic rings. The lowest BCUT2D eigenvalue weighted by Crippen LogP contribution is -2.25. The molecule has 1 aromatic heterocycles. The van der Waals surface area contributed by atoms with E-state index in [4.69, 9.17) is 11.6 Å². The summed E-state index contributed by atoms with van der Waals surface area (Å²) in [5, 5.41) is 1.63. The molecule has 0 spiro atoms. The second kappa shape index (κ2) is 5.79. The maximum atomic E-state index is 12.6. The number of halogens is 2. The minimum Gasteiger partial charge on any atom is -0.309 e. The molecule has 0 atom stereocenters. The molecule has 0 bridgehead atoms. The SMILES string of the molecule is CN(C(=O)c1cc2ccccc2s1)c1ccc(Br)cc1Cl. The highest BCUT2D eigenvalue weighted by Gasteiger charge is 2.18. The van der Waals surface area contributed by atoms with Gasteiger partial charge < -0.3 is 4.90 Å². The number of amides is 1. The van der Waals surface area contributed by atoms with E-state index in [0.29, 0.717) is 15.6 Å². The Hall–Kier alpha value is -1.36. The second-order valence-electron chi connectivity index (χ2n) is 4.61. The van der Waals surface area contributed by atoms with Crippen molar-refractivity contribution < 1.29 is 4.79 Å². The Kier molecular flexibility index (Phi) is 4.02. The Bertz CT molecular complexity index is 797. The zero-order chi connectivity index (χ0) is 15.0. The van der Waals surface area contributed by atoms with Gasteiger partial charge in [0.1, 0.15) is 0 Å². The van der Waals surface area contributed by atoms with Gasteiger partial charge >= 0.3 is 0 Å². The van der Waals surface area contributed by atoms with Crippen molar-refractivity contribution in [3.63, 3.8) is 0 Å². The topological polar surface area (TPSA) is 20.3 Å². The third kappa shape index (κ3) is 2.84. The highest BCUT2D eigenvalue weighted by atomic mass is 79.9. The summed E-state index contributed by atoms with van der Waals surface area (Å²) in [6.45, 7) is 0. The molecule has 2 aromatic carbocycles. The van der Waals surface area contributed by atoms with E-state index in [2.05, 4.69) is 15.9 Å². The summed E-state index contributed by atoms with van der Waals surface area (Å²) >= 11 is 11.1. The fourth-order valence-electron chi connectivity index (χ4n) is 2.12. The lowest BCUT2D eigenvalue weighted by atomic mass is 10.2. The van der Waals surface area contributed by atoms with Crippen LogP contribution in [0.3, 0.4) is 0 Å². The van der Waals surface area contributed by atoms with Crippen LogP contribution in [0.5, 0.6) is 0 Å². The number of carbonyl (C=O) groups excluding carboxylic acids is 1. The van der Waals surface area contributed by atoms with Crippen LogP contribution in [-0.2, 0) is 0 Å². The minimum atomic E-state index is -0.0552. The molecule has 106 valence electrons. The number of hydrogen-bond donors (Lipinski definition) is 0. The quantitative estimate of drug-likeness (QED) is 0.567. The van der Waals surface area contributed by atoms with Crippen molar-refractivity contribution in [2.75, 3.05) is 11.9 Å². The third-order valence-corrected chi connectivity index (χ3v) is 5.11. The van der Waals surface area contributed by atoms with Crippen LogP contribution in [0.4, 0.5) is 5.69 Å². The van der Waals surface area contributed by atoms with Gasteiger partial charge in [0.15, 0.2) is 0 Å². The summed E-state index contributed by atoms with van der Waals surface area (Å²) in [6, 6.07) is 15.4. The summed E-state index contributed by atoms with van der Waals surface area (Å²) in [4.78, 5) is 14.9. The molecule has 3 rings (SSSR count). The molecule has 0 fully saturated rings. The third-order valence-electron chi connectivity index (χ3n) is 3.21. The van der Waals surface area contributed by atoms with Crippen LogP contribution < -0.4 is 4.90 Å². The molecule has 2 nitrogen and oxygen atoms in total. The highest BCUT2D eigenvalue weighted by Crippen LogP contribution is 2.31. The average molecular weight is 381 g/mol. The summed E-state index contributed by atoms with van der Waals surface area (Å²) in [5.74, 6) is -0.0552. The van der Waals surface area contributed by atoms with Gasteiger partial charge in [-0.15, -0.1) is 11.3 Å². The van der Waals surface area contributed by atoms with E-state index in [1.165, 1.54) is 11.3 Å². The Morgan fingerprint density at radius 2 is 1.95 bits per heavy atom. The van der Waals surface area contributed by atoms with Gasteiger partial charge in [0, 0.05) is 16.2 Å². The summed E-state index contributed by atoms with van der Waals surface area (Å²) in [7, 11) is 1.74. The normalized spacial score (nSPS) is 10.8. The molecule has 5 heteroatoms. The van der Waals surface area contributed by atoms with E-state index in [1.54, 1.807) is 18.0 Å². The zero-order valence-electron chi connectivity index (χ0n) is 11.1. The maximum Gasteiger partial charge on any atom is 0.268 e. The minimum absolute atomic E-state index is 0.0552. The molecule has 1 amide bonds. The number of fused-ring (bicyclic) bond motifs is 1. The molecule has 3 aromatic rings. The van der Waals surface area contributed by atoms with Crippen LogP contribution in [0.25, 0.3) is 10.1 Å². The second-order valence-corrected chi connectivity index (χ2v) is 7.02. The predicted molar refractivity (Wildman–Crippen MR) is 93.7 cm³/mol. The van der Waals surface area contributed by atoms with E-state index in [9.17, 15) is 4.79 Å². The van der Waals surface area contributed by atoms with E-state index < -0.39 is 0 Å². The number of thiophene rings is 1. The first kappa shape index (κ1) is 14.6. The summed E-state index contributed by atoms with van der Waals surface area (Å²) < 4.78 is 2.00. The molecule has 0 unspecified atom stereocenters. The van der Waals surface area contributed by atoms with Gasteiger partial charge in [0.05, 0.1) is 15.6 Å². The van der Waals surface area contributed by atoms with Gasteiger partial charge in [-0.1, -0.05) is 45.7 Å². The van der Waals surface area contributed by atoms with Crippen LogP contribution in [0, 0.1) is 0 Å². The molecule has 0 saturated heterocycles. The van der Waals surface area contributed by atoms with Crippen LogP contribution in [0.15, 0.2) is 53.0 Å². The van der Waals surface area contributed by atoms with Crippen molar-refractivity contribution in [1.29, 1.82) is 0 Å². The van der Waals surface area contributed by atoms with Crippen molar-refractivity contribution in [3.8, 4) is 0 Å². The van der Waals surface area contributed by atoms with Gasteiger partial charge in [0.25, 0.3) is 5.91 Å². The summed E-state index contributed by atoms with van der Waals surface area (Å²) in [5.41, 5.74) is 0.697. The van der Waals surface area contributed by atoms with Gasteiger partial charge in [-0.3, -0.25) is 4.79 Å². The molecule has 0 saturated carbocycles. The molecule has 0 N–H and O–H groups in total. The molecule has 0 aliphatic carbocycles. The number of benzene rings is 2. The number of anilines is 1. The van der Waals surface area contributed by atoms with Crippen molar-refractivity contribution in [1.82, 2.24) is 0 Å².